The first-order valence-electron chi connectivity index (χ1n) is 10.2. The Morgan fingerprint density at radius 3 is 2.70 bits per heavy atom. The second-order valence-corrected chi connectivity index (χ2v) is 7.91. The van der Waals surface area contributed by atoms with Gasteiger partial charge in [0.05, 0.1) is 6.42 Å². The summed E-state index contributed by atoms with van der Waals surface area (Å²) in [6, 6.07) is 11.0. The van der Waals surface area contributed by atoms with Gasteiger partial charge in [0.15, 0.2) is 0 Å². The molecule has 1 aromatic carbocycles. The molecule has 0 unspecified atom stereocenters. The first kappa shape index (κ1) is 24.3. The van der Waals surface area contributed by atoms with Crippen molar-refractivity contribution in [1.82, 2.24) is 15.0 Å². The summed E-state index contributed by atoms with van der Waals surface area (Å²) in [6.07, 6.45) is 2.42. The van der Waals surface area contributed by atoms with Crippen LogP contribution in [0.1, 0.15) is 27.9 Å². The van der Waals surface area contributed by atoms with E-state index in [1.807, 2.05) is 0 Å². The van der Waals surface area contributed by atoms with Gasteiger partial charge in [-0.3, -0.25) is 14.6 Å². The minimum absolute atomic E-state index is 0.195. The van der Waals surface area contributed by atoms with Crippen LogP contribution in [0.5, 0.6) is 0 Å². The number of nitrogens with zero attached hydrogens (tertiary/aromatic N) is 2. The molecule has 0 radical (unpaired) electrons. The number of alkyl halides is 2. The quantitative estimate of drug-likeness (QED) is 0.441. The van der Waals surface area contributed by atoms with Crippen molar-refractivity contribution in [1.29, 1.82) is 0 Å². The largest absolute Gasteiger partial charge is 0.352 e. The number of carbonyl (C=O) groups is 1. The van der Waals surface area contributed by atoms with Crippen LogP contribution in [0.2, 0.25) is 5.02 Å². The first-order valence-corrected chi connectivity index (χ1v) is 10.6. The van der Waals surface area contributed by atoms with Crippen molar-refractivity contribution in [3.8, 4) is 0 Å². The number of aromatic nitrogens is 2. The Bertz CT molecular complexity index is 1190. The number of nitrogens with one attached hydrogen (secondary N) is 2. The molecule has 2 heterocycles. The lowest BCUT2D eigenvalue weighted by atomic mass is 10.1. The van der Waals surface area contributed by atoms with Crippen LogP contribution in [-0.2, 0) is 30.2 Å². The van der Waals surface area contributed by atoms with Crippen molar-refractivity contribution in [2.24, 2.45) is 5.73 Å². The molecule has 0 saturated carbocycles. The zero-order valence-corrected chi connectivity index (χ0v) is 18.7. The third kappa shape index (κ3) is 6.15. The van der Waals surface area contributed by atoms with Gasteiger partial charge >= 0.3 is 5.92 Å². The van der Waals surface area contributed by atoms with Gasteiger partial charge in [0.25, 0.3) is 5.56 Å². The minimum atomic E-state index is -3.29. The predicted molar refractivity (Wildman–Crippen MR) is 123 cm³/mol. The molecule has 4 N–H and O–H groups in total. The number of hydrogen-bond acceptors (Lipinski definition) is 5. The summed E-state index contributed by atoms with van der Waals surface area (Å²) in [7, 11) is 0. The second kappa shape index (κ2) is 10.5. The topological polar surface area (TPSA) is 102 Å². The molecular weight excluding hydrogens is 452 g/mol. The van der Waals surface area contributed by atoms with Crippen LogP contribution in [0.4, 0.5) is 8.78 Å². The molecule has 7 nitrogen and oxygen atoms in total. The summed E-state index contributed by atoms with van der Waals surface area (Å²) in [4.78, 5) is 29.0. The fourth-order valence-electron chi connectivity index (χ4n) is 3.24. The fraction of sp³-hybridized carbons (Fsp3) is 0.261. The fourth-order valence-corrected chi connectivity index (χ4v) is 3.43. The number of aryl methyl sites for hydroxylation is 1. The molecule has 3 aromatic rings. The maximum atomic E-state index is 14.4. The molecule has 0 atom stereocenters. The maximum Gasteiger partial charge on any atom is 0.308 e. The zero-order chi connectivity index (χ0) is 24.0. The second-order valence-electron chi connectivity index (χ2n) is 7.48. The molecule has 3 rings (SSSR count). The van der Waals surface area contributed by atoms with Crippen molar-refractivity contribution < 1.29 is 13.6 Å². The van der Waals surface area contributed by atoms with Crippen LogP contribution < -0.4 is 22.0 Å². The van der Waals surface area contributed by atoms with Gasteiger partial charge in [-0.05, 0) is 53.9 Å². The van der Waals surface area contributed by atoms with E-state index in [0.717, 1.165) is 15.8 Å². The van der Waals surface area contributed by atoms with Gasteiger partial charge in [0, 0.05) is 36.1 Å². The van der Waals surface area contributed by atoms with E-state index < -0.39 is 29.6 Å². The molecule has 0 saturated heterocycles. The summed E-state index contributed by atoms with van der Waals surface area (Å²) < 4.78 is 29.7. The Hall–Kier alpha value is -3.30. The van der Waals surface area contributed by atoms with Crippen LogP contribution in [0.25, 0.3) is 0 Å². The maximum absolute atomic E-state index is 14.4. The van der Waals surface area contributed by atoms with Crippen molar-refractivity contribution in [2.45, 2.75) is 32.4 Å². The average Bonchev–Trinajstić information content (AvgIpc) is 2.80. The number of pyridine rings is 2. The SMILES string of the molecule is Cc1ccn(NCC(F)(F)c2ccccn2)c(=O)c1CC(=O)NCc1cc(Cl)ccc1CN. The van der Waals surface area contributed by atoms with Crippen LogP contribution >= 0.6 is 11.6 Å². The average molecular weight is 476 g/mol. The summed E-state index contributed by atoms with van der Waals surface area (Å²) in [6.45, 7) is 1.33. The van der Waals surface area contributed by atoms with E-state index in [-0.39, 0.29) is 18.5 Å². The number of rotatable bonds is 9. The lowest BCUT2D eigenvalue weighted by Gasteiger charge is -2.19. The monoisotopic (exact) mass is 475 g/mol. The molecule has 0 fully saturated rings. The van der Waals surface area contributed by atoms with Gasteiger partial charge in [0.2, 0.25) is 5.91 Å². The van der Waals surface area contributed by atoms with Crippen molar-refractivity contribution in [3.63, 3.8) is 0 Å². The highest BCUT2D eigenvalue weighted by atomic mass is 35.5. The van der Waals surface area contributed by atoms with Crippen molar-refractivity contribution in [3.05, 3.63) is 98.2 Å². The van der Waals surface area contributed by atoms with Crippen LogP contribution in [-0.4, -0.2) is 22.1 Å². The molecule has 0 aliphatic rings. The molecule has 174 valence electrons. The standard InChI is InChI=1S/C23H24ClF2N5O2/c1-15-7-9-31(30-14-23(25,26)20-4-2-3-8-28-20)22(33)19(15)11-21(32)29-13-17-10-18(24)6-5-16(17)12-27/h2-10,30H,11-14,27H2,1H3,(H,29,32). The molecule has 1 amide bonds. The minimum Gasteiger partial charge on any atom is -0.352 e. The number of nitrogens with two attached hydrogens (primary N) is 1. The highest BCUT2D eigenvalue weighted by molar-refractivity contribution is 6.30. The smallest absolute Gasteiger partial charge is 0.308 e. The van der Waals surface area contributed by atoms with Crippen LogP contribution in [0.3, 0.4) is 0 Å². The van der Waals surface area contributed by atoms with Crippen LogP contribution in [0, 0.1) is 6.92 Å². The summed E-state index contributed by atoms with van der Waals surface area (Å²) in [5, 5.41) is 3.27. The number of amides is 1. The van der Waals surface area contributed by atoms with E-state index in [4.69, 9.17) is 17.3 Å². The van der Waals surface area contributed by atoms with Gasteiger partial charge in [0.1, 0.15) is 12.2 Å². The molecular formula is C23H24ClF2N5O2. The van der Waals surface area contributed by atoms with Gasteiger partial charge in [-0.15, -0.1) is 0 Å². The lowest BCUT2D eigenvalue weighted by Crippen LogP contribution is -2.38. The third-order valence-electron chi connectivity index (χ3n) is 5.14. The number of carbonyl (C=O) groups excluding carboxylic acids is 1. The Labute approximate surface area is 194 Å². The summed E-state index contributed by atoms with van der Waals surface area (Å²) >= 11 is 6.02. The Balaban J connectivity index is 1.69. The molecule has 0 spiro atoms. The van der Waals surface area contributed by atoms with E-state index >= 15 is 0 Å². The number of hydrogen-bond donors (Lipinski definition) is 3. The Kier molecular flexibility index (Phi) is 7.78. The normalized spacial score (nSPS) is 11.3. The highest BCUT2D eigenvalue weighted by Crippen LogP contribution is 2.25. The van der Waals surface area contributed by atoms with Crippen molar-refractivity contribution >= 4 is 17.5 Å². The van der Waals surface area contributed by atoms with E-state index in [1.54, 1.807) is 31.2 Å². The zero-order valence-electron chi connectivity index (χ0n) is 17.9. The predicted octanol–water partition coefficient (Wildman–Crippen LogP) is 2.86. The number of halogens is 3. The van der Waals surface area contributed by atoms with E-state index in [9.17, 15) is 18.4 Å². The molecule has 0 aliphatic heterocycles. The lowest BCUT2D eigenvalue weighted by molar-refractivity contribution is -0.120. The highest BCUT2D eigenvalue weighted by Gasteiger charge is 2.33. The Morgan fingerprint density at radius 1 is 1.21 bits per heavy atom. The molecule has 0 bridgehead atoms. The van der Waals surface area contributed by atoms with Crippen molar-refractivity contribution in [2.75, 3.05) is 12.0 Å². The first-order chi connectivity index (χ1) is 15.7. The number of benzene rings is 1. The van der Waals surface area contributed by atoms with E-state index in [0.29, 0.717) is 17.1 Å². The summed E-state index contributed by atoms with van der Waals surface area (Å²) in [5.74, 6) is -3.68. The van der Waals surface area contributed by atoms with Gasteiger partial charge in [-0.1, -0.05) is 23.7 Å². The molecule has 0 aliphatic carbocycles. The van der Waals surface area contributed by atoms with E-state index in [2.05, 4.69) is 15.7 Å². The summed E-state index contributed by atoms with van der Waals surface area (Å²) in [5.41, 5.74) is 9.56. The van der Waals surface area contributed by atoms with E-state index in [1.165, 1.54) is 30.6 Å². The van der Waals surface area contributed by atoms with Gasteiger partial charge in [-0.2, -0.15) is 8.78 Å². The van der Waals surface area contributed by atoms with Gasteiger partial charge < -0.3 is 16.5 Å². The molecule has 10 heteroatoms. The molecule has 2 aromatic heterocycles. The van der Waals surface area contributed by atoms with Crippen LogP contribution in [0.15, 0.2) is 59.7 Å². The Morgan fingerprint density at radius 2 is 2.00 bits per heavy atom. The molecule has 33 heavy (non-hydrogen) atoms. The van der Waals surface area contributed by atoms with Gasteiger partial charge in [-0.25, -0.2) is 4.68 Å². The third-order valence-corrected chi connectivity index (χ3v) is 5.37.